The van der Waals surface area contributed by atoms with Gasteiger partial charge in [0, 0.05) is 39.3 Å². The van der Waals surface area contributed by atoms with Gasteiger partial charge in [-0.25, -0.2) is 9.97 Å². The number of nitrogen functional groups attached to an aromatic ring is 1. The van der Waals surface area contributed by atoms with Gasteiger partial charge in [-0.3, -0.25) is 4.90 Å². The second kappa shape index (κ2) is 10.9. The summed E-state index contributed by atoms with van der Waals surface area (Å²) in [5.41, 5.74) is 9.54. The maximum atomic E-state index is 6.46. The summed E-state index contributed by atoms with van der Waals surface area (Å²) in [5, 5.41) is 3.36. The molecule has 0 saturated carbocycles. The Labute approximate surface area is 195 Å². The molecule has 1 aliphatic heterocycles. The van der Waals surface area contributed by atoms with E-state index in [0.29, 0.717) is 18.1 Å². The standard InChI is InChI=1S/C25H32N6O2/c1-32-21-9-8-19(16-22(21)33-2)10-11-27-24-23(26)25(29-18-28-24)31-14-12-30(13-15-31)17-20-6-4-3-5-7-20/h3-9,16,18H,10-15,17,26H2,1-2H3,(H,27,28,29). The second-order valence-corrected chi connectivity index (χ2v) is 8.07. The molecule has 3 aromatic rings. The number of nitrogens with zero attached hydrogens (tertiary/aromatic N) is 4. The first-order valence-corrected chi connectivity index (χ1v) is 11.2. The number of hydrogen-bond donors (Lipinski definition) is 2. The van der Waals surface area contributed by atoms with Crippen LogP contribution in [0.4, 0.5) is 17.3 Å². The molecule has 3 N–H and O–H groups in total. The van der Waals surface area contributed by atoms with Gasteiger partial charge in [0.15, 0.2) is 23.1 Å². The van der Waals surface area contributed by atoms with Crippen molar-refractivity contribution in [3.05, 3.63) is 66.0 Å². The molecule has 0 radical (unpaired) electrons. The largest absolute Gasteiger partial charge is 0.493 e. The molecule has 174 valence electrons. The minimum atomic E-state index is 0.598. The van der Waals surface area contributed by atoms with Crippen LogP contribution in [0.25, 0.3) is 0 Å². The van der Waals surface area contributed by atoms with Crippen LogP contribution in [0.5, 0.6) is 11.5 Å². The topological polar surface area (TPSA) is 88.8 Å². The van der Waals surface area contributed by atoms with Crippen molar-refractivity contribution in [1.82, 2.24) is 14.9 Å². The first kappa shape index (κ1) is 22.7. The molecule has 0 unspecified atom stereocenters. The van der Waals surface area contributed by atoms with Gasteiger partial charge in [-0.15, -0.1) is 0 Å². The fourth-order valence-corrected chi connectivity index (χ4v) is 4.10. The monoisotopic (exact) mass is 448 g/mol. The van der Waals surface area contributed by atoms with Crippen molar-refractivity contribution >= 4 is 17.3 Å². The highest BCUT2D eigenvalue weighted by Crippen LogP contribution is 2.29. The van der Waals surface area contributed by atoms with E-state index in [1.165, 1.54) is 5.56 Å². The minimum Gasteiger partial charge on any atom is -0.493 e. The van der Waals surface area contributed by atoms with Crippen molar-refractivity contribution in [2.75, 3.05) is 62.9 Å². The van der Waals surface area contributed by atoms with Gasteiger partial charge in [0.1, 0.15) is 12.0 Å². The molecule has 1 aromatic heterocycles. The highest BCUT2D eigenvalue weighted by atomic mass is 16.5. The van der Waals surface area contributed by atoms with E-state index < -0.39 is 0 Å². The lowest BCUT2D eigenvalue weighted by Crippen LogP contribution is -2.46. The van der Waals surface area contributed by atoms with Gasteiger partial charge >= 0.3 is 0 Å². The number of rotatable bonds is 9. The first-order chi connectivity index (χ1) is 16.2. The van der Waals surface area contributed by atoms with E-state index in [4.69, 9.17) is 15.2 Å². The lowest BCUT2D eigenvalue weighted by atomic mass is 10.1. The van der Waals surface area contributed by atoms with Crippen LogP contribution in [-0.4, -0.2) is 61.8 Å². The van der Waals surface area contributed by atoms with E-state index in [0.717, 1.165) is 62.0 Å². The Hall–Kier alpha value is -3.52. The molecular formula is C25H32N6O2. The Morgan fingerprint density at radius 2 is 1.67 bits per heavy atom. The molecule has 33 heavy (non-hydrogen) atoms. The predicted molar refractivity (Wildman–Crippen MR) is 132 cm³/mol. The van der Waals surface area contributed by atoms with Crippen LogP contribution in [-0.2, 0) is 13.0 Å². The molecule has 2 aromatic carbocycles. The number of hydrogen-bond acceptors (Lipinski definition) is 8. The average molecular weight is 449 g/mol. The zero-order valence-electron chi connectivity index (χ0n) is 19.3. The van der Waals surface area contributed by atoms with Crippen molar-refractivity contribution in [1.29, 1.82) is 0 Å². The highest BCUT2D eigenvalue weighted by Gasteiger charge is 2.21. The number of anilines is 3. The third-order valence-corrected chi connectivity index (χ3v) is 5.94. The lowest BCUT2D eigenvalue weighted by molar-refractivity contribution is 0.249. The summed E-state index contributed by atoms with van der Waals surface area (Å²) in [5.74, 6) is 2.93. The summed E-state index contributed by atoms with van der Waals surface area (Å²) in [6.07, 6.45) is 2.39. The molecule has 0 aliphatic carbocycles. The Bertz CT molecular complexity index is 1040. The number of ether oxygens (including phenoxy) is 2. The lowest BCUT2D eigenvalue weighted by Gasteiger charge is -2.36. The zero-order valence-corrected chi connectivity index (χ0v) is 19.3. The van der Waals surface area contributed by atoms with Crippen LogP contribution in [0.3, 0.4) is 0 Å². The van der Waals surface area contributed by atoms with E-state index in [9.17, 15) is 0 Å². The minimum absolute atomic E-state index is 0.598. The van der Waals surface area contributed by atoms with E-state index in [1.807, 2.05) is 18.2 Å². The quantitative estimate of drug-likeness (QED) is 0.516. The van der Waals surface area contributed by atoms with Crippen molar-refractivity contribution in [2.45, 2.75) is 13.0 Å². The summed E-state index contributed by atoms with van der Waals surface area (Å²) in [6, 6.07) is 16.5. The molecule has 0 amide bonds. The second-order valence-electron chi connectivity index (χ2n) is 8.07. The maximum Gasteiger partial charge on any atom is 0.160 e. The smallest absolute Gasteiger partial charge is 0.160 e. The Balaban J connectivity index is 1.32. The van der Waals surface area contributed by atoms with Crippen molar-refractivity contribution < 1.29 is 9.47 Å². The molecule has 0 spiro atoms. The normalized spacial score (nSPS) is 14.2. The van der Waals surface area contributed by atoms with Crippen LogP contribution in [0, 0.1) is 0 Å². The van der Waals surface area contributed by atoms with Crippen LogP contribution in [0.1, 0.15) is 11.1 Å². The van der Waals surface area contributed by atoms with E-state index in [-0.39, 0.29) is 0 Å². The number of methoxy groups -OCH3 is 2. The Morgan fingerprint density at radius 3 is 2.39 bits per heavy atom. The van der Waals surface area contributed by atoms with Gasteiger partial charge in [0.2, 0.25) is 0 Å². The summed E-state index contributed by atoms with van der Waals surface area (Å²) < 4.78 is 10.7. The van der Waals surface area contributed by atoms with Gasteiger partial charge in [0.05, 0.1) is 14.2 Å². The van der Waals surface area contributed by atoms with Gasteiger partial charge in [0.25, 0.3) is 0 Å². The molecule has 8 heteroatoms. The SMILES string of the molecule is COc1ccc(CCNc2ncnc(N3CCN(Cc4ccccc4)CC3)c2N)cc1OC. The van der Waals surface area contributed by atoms with Crippen molar-refractivity contribution in [2.24, 2.45) is 0 Å². The van der Waals surface area contributed by atoms with Gasteiger partial charge in [-0.1, -0.05) is 36.4 Å². The van der Waals surface area contributed by atoms with E-state index >= 15 is 0 Å². The number of nitrogens with two attached hydrogens (primary N) is 1. The fourth-order valence-electron chi connectivity index (χ4n) is 4.10. The van der Waals surface area contributed by atoms with Gasteiger partial charge < -0.3 is 25.4 Å². The summed E-state index contributed by atoms with van der Waals surface area (Å²) in [4.78, 5) is 13.6. The molecule has 0 atom stereocenters. The molecule has 8 nitrogen and oxygen atoms in total. The number of nitrogens with one attached hydrogen (secondary N) is 1. The molecule has 0 bridgehead atoms. The Kier molecular flexibility index (Phi) is 7.47. The number of aromatic nitrogens is 2. The Morgan fingerprint density at radius 1 is 0.909 bits per heavy atom. The van der Waals surface area contributed by atoms with Crippen LogP contribution < -0.4 is 25.4 Å². The summed E-state index contributed by atoms with van der Waals surface area (Å²) in [7, 11) is 3.28. The van der Waals surface area contributed by atoms with Crippen LogP contribution in [0.15, 0.2) is 54.9 Å². The summed E-state index contributed by atoms with van der Waals surface area (Å²) in [6.45, 7) is 5.39. The molecule has 1 fully saturated rings. The predicted octanol–water partition coefficient (Wildman–Crippen LogP) is 3.05. The number of piperazine rings is 1. The fraction of sp³-hybridized carbons (Fsp3) is 0.360. The van der Waals surface area contributed by atoms with Gasteiger partial charge in [-0.05, 0) is 29.7 Å². The van der Waals surface area contributed by atoms with Crippen molar-refractivity contribution in [3.8, 4) is 11.5 Å². The van der Waals surface area contributed by atoms with Crippen molar-refractivity contribution in [3.63, 3.8) is 0 Å². The number of benzene rings is 2. The maximum absolute atomic E-state index is 6.46. The molecule has 4 rings (SSSR count). The summed E-state index contributed by atoms with van der Waals surface area (Å²) >= 11 is 0. The first-order valence-electron chi connectivity index (χ1n) is 11.2. The molecule has 1 saturated heterocycles. The van der Waals surface area contributed by atoms with Gasteiger partial charge in [-0.2, -0.15) is 0 Å². The third kappa shape index (κ3) is 5.64. The molecular weight excluding hydrogens is 416 g/mol. The molecule has 1 aliphatic rings. The van der Waals surface area contributed by atoms with E-state index in [1.54, 1.807) is 20.5 Å². The third-order valence-electron chi connectivity index (χ3n) is 5.94. The van der Waals surface area contributed by atoms with Crippen LogP contribution in [0.2, 0.25) is 0 Å². The molecule has 2 heterocycles. The average Bonchev–Trinajstić information content (AvgIpc) is 2.86. The van der Waals surface area contributed by atoms with Crippen LogP contribution >= 0.6 is 0 Å². The van der Waals surface area contributed by atoms with E-state index in [2.05, 4.69) is 55.4 Å². The zero-order chi connectivity index (χ0) is 23.0. The highest BCUT2D eigenvalue weighted by molar-refractivity contribution is 5.75.